The van der Waals surface area contributed by atoms with Crippen LogP contribution in [0.1, 0.15) is 17.5 Å². The predicted octanol–water partition coefficient (Wildman–Crippen LogP) is 2.53. The van der Waals surface area contributed by atoms with Crippen LogP contribution in [0.5, 0.6) is 0 Å². The maximum atomic E-state index is 11.8. The number of nitrogens with zero attached hydrogens (tertiary/aromatic N) is 1. The largest absolute Gasteiger partial charge is 0.314 e. The molecule has 5 nitrogen and oxygen atoms in total. The molecule has 0 unspecified atom stereocenters. The molecule has 0 bridgehead atoms. The van der Waals surface area contributed by atoms with Gasteiger partial charge in [0.25, 0.3) is 0 Å². The van der Waals surface area contributed by atoms with Gasteiger partial charge in [-0.3, -0.25) is 0 Å². The van der Waals surface area contributed by atoms with Crippen LogP contribution in [0.4, 0.5) is 0 Å². The first-order chi connectivity index (χ1) is 13.0. The number of piperazine rings is 1. The van der Waals surface area contributed by atoms with Crippen molar-refractivity contribution >= 4 is 27.4 Å². The van der Waals surface area contributed by atoms with Crippen LogP contribution >= 0.6 is 11.8 Å². The third kappa shape index (κ3) is 4.12. The molecule has 1 saturated heterocycles. The van der Waals surface area contributed by atoms with Crippen LogP contribution in [0, 0.1) is 0 Å². The Morgan fingerprint density at radius 2 is 1.81 bits per heavy atom. The van der Waals surface area contributed by atoms with Crippen molar-refractivity contribution in [2.45, 2.75) is 21.1 Å². The van der Waals surface area contributed by atoms with Crippen LogP contribution in [0.3, 0.4) is 0 Å². The lowest BCUT2D eigenvalue weighted by molar-refractivity contribution is 0.245. The van der Waals surface area contributed by atoms with Crippen LogP contribution in [-0.4, -0.2) is 46.0 Å². The molecular formula is C20H23N3O2S2. The molecule has 1 fully saturated rings. The van der Waals surface area contributed by atoms with Gasteiger partial charge in [0.05, 0.1) is 4.90 Å². The van der Waals surface area contributed by atoms with E-state index in [1.54, 1.807) is 23.9 Å². The molecular weight excluding hydrogens is 378 g/mol. The molecule has 2 aliphatic rings. The second-order valence-electron chi connectivity index (χ2n) is 6.80. The average Bonchev–Trinajstić information content (AvgIpc) is 2.67. The molecule has 4 rings (SSSR count). The fourth-order valence-corrected chi connectivity index (χ4v) is 5.20. The molecule has 2 aliphatic heterocycles. The topological polar surface area (TPSA) is 75.4 Å². The number of nitrogens with one attached hydrogen (secondary N) is 1. The lowest BCUT2D eigenvalue weighted by Gasteiger charge is -2.27. The summed E-state index contributed by atoms with van der Waals surface area (Å²) in [6.45, 7) is 5.22. The van der Waals surface area contributed by atoms with Crippen molar-refractivity contribution in [1.29, 1.82) is 0 Å². The van der Waals surface area contributed by atoms with Gasteiger partial charge in [-0.15, -0.1) is 0 Å². The van der Waals surface area contributed by atoms with E-state index in [2.05, 4.69) is 28.4 Å². The van der Waals surface area contributed by atoms with Crippen molar-refractivity contribution in [2.75, 3.05) is 32.7 Å². The molecule has 0 atom stereocenters. The SMILES string of the molecule is NS(=O)(=O)c1ccc2c(c1)C(=CCCN1CCNCC1)c1ccccc1S2. The second kappa shape index (κ2) is 7.77. The van der Waals surface area contributed by atoms with Gasteiger partial charge in [0.15, 0.2) is 0 Å². The normalized spacial score (nSPS) is 18.9. The Kier molecular flexibility index (Phi) is 5.39. The number of sulfonamides is 1. The lowest BCUT2D eigenvalue weighted by Crippen LogP contribution is -2.43. The number of primary sulfonamides is 1. The third-order valence-corrected chi connectivity index (χ3v) is 7.03. The van der Waals surface area contributed by atoms with Crippen LogP contribution in [-0.2, 0) is 10.0 Å². The number of benzene rings is 2. The molecule has 0 spiro atoms. The summed E-state index contributed by atoms with van der Waals surface area (Å²) in [6.07, 6.45) is 3.17. The van der Waals surface area contributed by atoms with Gasteiger partial charge in [0, 0.05) is 42.5 Å². The van der Waals surface area contributed by atoms with Gasteiger partial charge in [-0.1, -0.05) is 36.0 Å². The lowest BCUT2D eigenvalue weighted by atomic mass is 9.96. The smallest absolute Gasteiger partial charge is 0.238 e. The zero-order chi connectivity index (χ0) is 18.9. The van der Waals surface area contributed by atoms with E-state index in [0.29, 0.717) is 0 Å². The van der Waals surface area contributed by atoms with Gasteiger partial charge in [-0.2, -0.15) is 0 Å². The molecule has 2 aromatic rings. The summed E-state index contributed by atoms with van der Waals surface area (Å²) in [5.74, 6) is 0. The Bertz CT molecular complexity index is 980. The van der Waals surface area contributed by atoms with Gasteiger partial charge in [0.1, 0.15) is 0 Å². The highest BCUT2D eigenvalue weighted by molar-refractivity contribution is 7.99. The first kappa shape index (κ1) is 18.7. The van der Waals surface area contributed by atoms with Crippen molar-refractivity contribution < 1.29 is 8.42 Å². The number of hydrogen-bond acceptors (Lipinski definition) is 5. The third-order valence-electron chi connectivity index (χ3n) is 4.97. The van der Waals surface area contributed by atoms with E-state index >= 15 is 0 Å². The second-order valence-corrected chi connectivity index (χ2v) is 9.44. The number of hydrogen-bond donors (Lipinski definition) is 2. The summed E-state index contributed by atoms with van der Waals surface area (Å²) in [5.41, 5.74) is 3.20. The standard InChI is InChI=1S/C20H23N3O2S2/c21-27(24,25)15-7-8-20-18(14-15)16(17-4-1-2-6-19(17)26-20)5-3-11-23-12-9-22-10-13-23/h1-2,4-8,14,22H,3,9-13H2,(H2,21,24,25). The molecule has 2 heterocycles. The van der Waals surface area contributed by atoms with Crippen molar-refractivity contribution in [3.8, 4) is 0 Å². The molecule has 2 aromatic carbocycles. The van der Waals surface area contributed by atoms with E-state index in [9.17, 15) is 8.42 Å². The molecule has 0 amide bonds. The van der Waals surface area contributed by atoms with E-state index in [0.717, 1.165) is 60.7 Å². The van der Waals surface area contributed by atoms with E-state index in [-0.39, 0.29) is 4.90 Å². The van der Waals surface area contributed by atoms with Crippen LogP contribution < -0.4 is 10.5 Å². The summed E-state index contributed by atoms with van der Waals surface area (Å²) in [5, 5.41) is 8.73. The molecule has 142 valence electrons. The van der Waals surface area contributed by atoms with Crippen molar-refractivity contribution in [3.63, 3.8) is 0 Å². The fraction of sp³-hybridized carbons (Fsp3) is 0.300. The van der Waals surface area contributed by atoms with Crippen molar-refractivity contribution in [1.82, 2.24) is 10.2 Å². The van der Waals surface area contributed by atoms with E-state index in [1.807, 2.05) is 18.2 Å². The highest BCUT2D eigenvalue weighted by Gasteiger charge is 2.22. The summed E-state index contributed by atoms with van der Waals surface area (Å²) in [6, 6.07) is 13.4. The van der Waals surface area contributed by atoms with E-state index < -0.39 is 10.0 Å². The zero-order valence-corrected chi connectivity index (χ0v) is 16.7. The minimum absolute atomic E-state index is 0.161. The number of fused-ring (bicyclic) bond motifs is 2. The van der Waals surface area contributed by atoms with Gasteiger partial charge >= 0.3 is 0 Å². The van der Waals surface area contributed by atoms with Crippen LogP contribution in [0.15, 0.2) is 63.2 Å². The molecule has 0 radical (unpaired) electrons. The van der Waals surface area contributed by atoms with Crippen LogP contribution in [0.25, 0.3) is 5.57 Å². The van der Waals surface area contributed by atoms with Crippen molar-refractivity contribution in [2.24, 2.45) is 5.14 Å². The predicted molar refractivity (Wildman–Crippen MR) is 109 cm³/mol. The maximum Gasteiger partial charge on any atom is 0.238 e. The minimum Gasteiger partial charge on any atom is -0.314 e. The van der Waals surface area contributed by atoms with E-state index in [1.165, 1.54) is 4.90 Å². The Morgan fingerprint density at radius 3 is 2.59 bits per heavy atom. The quantitative estimate of drug-likeness (QED) is 0.703. The van der Waals surface area contributed by atoms with Crippen molar-refractivity contribution in [3.05, 3.63) is 59.7 Å². The molecule has 0 aliphatic carbocycles. The minimum atomic E-state index is -3.73. The van der Waals surface area contributed by atoms with Gasteiger partial charge in [0.2, 0.25) is 10.0 Å². The summed E-state index contributed by atoms with van der Waals surface area (Å²) >= 11 is 1.67. The highest BCUT2D eigenvalue weighted by Crippen LogP contribution is 2.45. The fourth-order valence-electron chi connectivity index (χ4n) is 3.57. The zero-order valence-electron chi connectivity index (χ0n) is 15.0. The highest BCUT2D eigenvalue weighted by atomic mass is 32.2. The molecule has 3 N–H and O–H groups in total. The summed E-state index contributed by atoms with van der Waals surface area (Å²) in [7, 11) is -3.73. The Morgan fingerprint density at radius 1 is 1.07 bits per heavy atom. The first-order valence-corrected chi connectivity index (χ1v) is 11.5. The maximum absolute atomic E-state index is 11.8. The summed E-state index contributed by atoms with van der Waals surface area (Å²) in [4.78, 5) is 4.88. The molecule has 0 aromatic heterocycles. The van der Waals surface area contributed by atoms with Crippen LogP contribution in [0.2, 0.25) is 0 Å². The Balaban J connectivity index is 1.69. The Labute approximate surface area is 164 Å². The van der Waals surface area contributed by atoms with Gasteiger partial charge in [-0.25, -0.2) is 13.6 Å². The Hall–Kier alpha value is -1.64. The van der Waals surface area contributed by atoms with E-state index in [4.69, 9.17) is 5.14 Å². The monoisotopic (exact) mass is 401 g/mol. The number of rotatable bonds is 4. The van der Waals surface area contributed by atoms with Gasteiger partial charge < -0.3 is 10.2 Å². The summed E-state index contributed by atoms with van der Waals surface area (Å²) < 4.78 is 23.7. The first-order valence-electron chi connectivity index (χ1n) is 9.10. The molecule has 27 heavy (non-hydrogen) atoms. The molecule has 7 heteroatoms. The number of nitrogens with two attached hydrogens (primary N) is 1. The molecule has 0 saturated carbocycles. The van der Waals surface area contributed by atoms with Gasteiger partial charge in [-0.05, 0) is 47.4 Å². The average molecular weight is 402 g/mol.